The summed E-state index contributed by atoms with van der Waals surface area (Å²) in [6, 6.07) is 0. The molecule has 0 fully saturated rings. The second-order valence-electron chi connectivity index (χ2n) is 3.58. The van der Waals surface area contributed by atoms with Gasteiger partial charge in [0.1, 0.15) is 0 Å². The smallest absolute Gasteiger partial charge is 0.312 e. The summed E-state index contributed by atoms with van der Waals surface area (Å²) in [6.07, 6.45) is 3.13. The van der Waals surface area contributed by atoms with Gasteiger partial charge in [0.25, 0.3) is 0 Å². The monoisotopic (exact) mass is 172 g/mol. The van der Waals surface area contributed by atoms with Crippen molar-refractivity contribution in [3.8, 4) is 0 Å². The Labute approximate surface area is 72.7 Å². The Bertz CT molecular complexity index is 202. The molecule has 0 aromatic carbocycles. The lowest BCUT2D eigenvalue weighted by atomic mass is 9.76. The molecule has 70 valence electrons. The number of carboxylic acids is 1. The van der Waals surface area contributed by atoms with Crippen LogP contribution in [0.25, 0.3) is 0 Å². The minimum atomic E-state index is -1.31. The molecule has 0 saturated carbocycles. The van der Waals surface area contributed by atoms with Crippen molar-refractivity contribution in [2.24, 2.45) is 5.41 Å². The molecule has 12 heavy (non-hydrogen) atoms. The van der Waals surface area contributed by atoms with Crippen LogP contribution in [0.3, 0.4) is 0 Å². The van der Waals surface area contributed by atoms with Gasteiger partial charge in [-0.3, -0.25) is 4.79 Å². The van der Waals surface area contributed by atoms with Crippen molar-refractivity contribution < 1.29 is 15.0 Å². The highest BCUT2D eigenvalue weighted by Gasteiger charge is 2.43. The fourth-order valence-corrected chi connectivity index (χ4v) is 0.749. The van der Waals surface area contributed by atoms with E-state index in [9.17, 15) is 9.90 Å². The summed E-state index contributed by atoms with van der Waals surface area (Å²) in [5, 5.41) is 18.6. The van der Waals surface area contributed by atoms with Crippen LogP contribution in [0, 0.1) is 5.41 Å². The zero-order valence-corrected chi connectivity index (χ0v) is 7.96. The van der Waals surface area contributed by atoms with Gasteiger partial charge in [0, 0.05) is 0 Å². The van der Waals surface area contributed by atoms with Crippen LogP contribution in [0.5, 0.6) is 0 Å². The van der Waals surface area contributed by atoms with E-state index in [4.69, 9.17) is 5.11 Å². The van der Waals surface area contributed by atoms with Gasteiger partial charge in [0.15, 0.2) is 0 Å². The van der Waals surface area contributed by atoms with Crippen LogP contribution >= 0.6 is 0 Å². The third-order valence-electron chi connectivity index (χ3n) is 2.29. The molecule has 0 aliphatic heterocycles. The van der Waals surface area contributed by atoms with E-state index in [2.05, 4.69) is 0 Å². The van der Waals surface area contributed by atoms with E-state index in [1.165, 1.54) is 26.8 Å². The van der Waals surface area contributed by atoms with Crippen LogP contribution in [-0.2, 0) is 4.79 Å². The van der Waals surface area contributed by atoms with Gasteiger partial charge in [0.2, 0.25) is 0 Å². The molecular formula is C9H16O3. The maximum atomic E-state index is 10.7. The molecule has 1 unspecified atom stereocenters. The third-order valence-corrected chi connectivity index (χ3v) is 2.29. The maximum absolute atomic E-state index is 10.7. The second kappa shape index (κ2) is 3.27. The topological polar surface area (TPSA) is 57.5 Å². The molecule has 3 heteroatoms. The Morgan fingerprint density at radius 1 is 1.33 bits per heavy atom. The van der Waals surface area contributed by atoms with Crippen LogP contribution in [0.1, 0.15) is 27.7 Å². The lowest BCUT2D eigenvalue weighted by Gasteiger charge is -2.33. The van der Waals surface area contributed by atoms with Gasteiger partial charge < -0.3 is 10.2 Å². The van der Waals surface area contributed by atoms with Crippen molar-refractivity contribution in [2.45, 2.75) is 33.3 Å². The van der Waals surface area contributed by atoms with Crippen LogP contribution in [0.4, 0.5) is 0 Å². The van der Waals surface area contributed by atoms with Gasteiger partial charge in [-0.2, -0.15) is 0 Å². The average molecular weight is 172 g/mol. The summed E-state index contributed by atoms with van der Waals surface area (Å²) in [7, 11) is 0. The highest BCUT2D eigenvalue weighted by Crippen LogP contribution is 2.31. The lowest BCUT2D eigenvalue weighted by Crippen LogP contribution is -2.45. The standard InChI is InChI=1S/C9H16O3/c1-5-6-9(4,12)8(2,3)7(10)11/h5-6,12H,1-4H3,(H,10,11). The van der Waals surface area contributed by atoms with Crippen molar-refractivity contribution in [2.75, 3.05) is 0 Å². The number of aliphatic hydroxyl groups is 1. The Balaban J connectivity index is 4.87. The number of hydrogen-bond donors (Lipinski definition) is 2. The van der Waals surface area contributed by atoms with E-state index < -0.39 is 17.0 Å². The van der Waals surface area contributed by atoms with Gasteiger partial charge >= 0.3 is 5.97 Å². The summed E-state index contributed by atoms with van der Waals surface area (Å²) in [4.78, 5) is 10.7. The van der Waals surface area contributed by atoms with Crippen molar-refractivity contribution in [1.82, 2.24) is 0 Å². The summed E-state index contributed by atoms with van der Waals surface area (Å²) >= 11 is 0. The normalized spacial score (nSPS) is 17.8. The number of carboxylic acid groups (broad SMARTS) is 1. The molecule has 0 saturated heterocycles. The van der Waals surface area contributed by atoms with Crippen LogP contribution in [-0.4, -0.2) is 21.8 Å². The maximum Gasteiger partial charge on any atom is 0.312 e. The number of hydrogen-bond acceptors (Lipinski definition) is 2. The SMILES string of the molecule is CC=CC(C)(O)C(C)(C)C(=O)O. The van der Waals surface area contributed by atoms with Crippen molar-refractivity contribution in [3.05, 3.63) is 12.2 Å². The second-order valence-corrected chi connectivity index (χ2v) is 3.58. The predicted octanol–water partition coefficient (Wildman–Crippen LogP) is 1.42. The van der Waals surface area contributed by atoms with E-state index in [-0.39, 0.29) is 0 Å². The summed E-state index contributed by atoms with van der Waals surface area (Å²) in [6.45, 7) is 6.22. The highest BCUT2D eigenvalue weighted by atomic mass is 16.4. The van der Waals surface area contributed by atoms with Gasteiger partial charge in [-0.1, -0.05) is 12.2 Å². The van der Waals surface area contributed by atoms with E-state index in [0.29, 0.717) is 0 Å². The van der Waals surface area contributed by atoms with Crippen molar-refractivity contribution >= 4 is 5.97 Å². The van der Waals surface area contributed by atoms with Crippen molar-refractivity contribution in [3.63, 3.8) is 0 Å². The molecule has 0 aliphatic rings. The van der Waals surface area contributed by atoms with E-state index >= 15 is 0 Å². The number of rotatable bonds is 3. The fourth-order valence-electron chi connectivity index (χ4n) is 0.749. The Morgan fingerprint density at radius 2 is 1.75 bits per heavy atom. The van der Waals surface area contributed by atoms with Crippen molar-refractivity contribution in [1.29, 1.82) is 0 Å². The zero-order chi connectivity index (χ0) is 9.99. The molecule has 0 aromatic heterocycles. The summed E-state index contributed by atoms with van der Waals surface area (Å²) < 4.78 is 0. The summed E-state index contributed by atoms with van der Waals surface area (Å²) in [5.74, 6) is -1.01. The number of aliphatic carboxylic acids is 1. The molecular weight excluding hydrogens is 156 g/mol. The largest absolute Gasteiger partial charge is 0.481 e. The first-order valence-electron chi connectivity index (χ1n) is 3.85. The van der Waals surface area contributed by atoms with Gasteiger partial charge in [-0.05, 0) is 27.7 Å². The Kier molecular flexibility index (Phi) is 3.04. The molecule has 0 radical (unpaired) electrons. The molecule has 0 amide bonds. The summed E-state index contributed by atoms with van der Waals surface area (Å²) in [5.41, 5.74) is -2.48. The van der Waals surface area contributed by atoms with Crippen LogP contribution in [0.15, 0.2) is 12.2 Å². The molecule has 1 atom stereocenters. The Morgan fingerprint density at radius 3 is 2.00 bits per heavy atom. The molecule has 0 rings (SSSR count). The highest BCUT2D eigenvalue weighted by molar-refractivity contribution is 5.75. The van der Waals surface area contributed by atoms with Gasteiger partial charge in [-0.15, -0.1) is 0 Å². The minimum Gasteiger partial charge on any atom is -0.481 e. The molecule has 0 aliphatic carbocycles. The third kappa shape index (κ3) is 1.85. The molecule has 0 bridgehead atoms. The zero-order valence-electron chi connectivity index (χ0n) is 7.96. The molecule has 0 spiro atoms. The molecule has 2 N–H and O–H groups in total. The predicted molar refractivity (Wildman–Crippen MR) is 46.9 cm³/mol. The average Bonchev–Trinajstić information content (AvgIpc) is 1.86. The lowest BCUT2D eigenvalue weighted by molar-refractivity contribution is -0.157. The van der Waals surface area contributed by atoms with Gasteiger partial charge in [0.05, 0.1) is 11.0 Å². The Hall–Kier alpha value is -0.830. The quantitative estimate of drug-likeness (QED) is 0.633. The van der Waals surface area contributed by atoms with Crippen LogP contribution in [0.2, 0.25) is 0 Å². The molecule has 3 nitrogen and oxygen atoms in total. The molecule has 0 aromatic rings. The van der Waals surface area contributed by atoms with E-state index in [1.807, 2.05) is 0 Å². The first-order chi connectivity index (χ1) is 5.25. The van der Waals surface area contributed by atoms with E-state index in [1.54, 1.807) is 13.0 Å². The number of carbonyl (C=O) groups is 1. The first kappa shape index (κ1) is 11.2. The first-order valence-corrected chi connectivity index (χ1v) is 3.85. The van der Waals surface area contributed by atoms with E-state index in [0.717, 1.165) is 0 Å². The molecule has 0 heterocycles. The number of allylic oxidation sites excluding steroid dienone is 1. The fraction of sp³-hybridized carbons (Fsp3) is 0.667. The van der Waals surface area contributed by atoms with Crippen LogP contribution < -0.4 is 0 Å². The minimum absolute atomic E-state index is 1.01. The van der Waals surface area contributed by atoms with Gasteiger partial charge in [-0.25, -0.2) is 0 Å².